The van der Waals surface area contributed by atoms with Crippen LogP contribution in [0.4, 0.5) is 27.5 Å². The number of ether oxygens (including phenoxy) is 1. The van der Waals surface area contributed by atoms with Gasteiger partial charge in [-0.15, -0.1) is 0 Å². The number of carboxylic acids is 1. The van der Waals surface area contributed by atoms with Crippen molar-refractivity contribution in [3.63, 3.8) is 0 Å². The number of benzene rings is 2. The number of carbonyl (C=O) groups excluding carboxylic acids is 1. The number of nitrogens with two attached hydrogens (primary N) is 2. The number of carboxylic acid groups (broad SMARTS) is 1. The zero-order valence-corrected chi connectivity index (χ0v) is 22.9. The molecule has 13 heteroatoms. The molecule has 3 heterocycles. The van der Waals surface area contributed by atoms with Crippen LogP contribution in [-0.2, 0) is 17.8 Å². The van der Waals surface area contributed by atoms with Gasteiger partial charge in [-0.25, -0.2) is 14.2 Å². The van der Waals surface area contributed by atoms with E-state index >= 15 is 4.39 Å². The summed E-state index contributed by atoms with van der Waals surface area (Å²) in [6.07, 6.45) is 5.04. The number of amides is 1. The van der Waals surface area contributed by atoms with E-state index in [-0.39, 0.29) is 39.9 Å². The Kier molecular flexibility index (Phi) is 6.44. The van der Waals surface area contributed by atoms with Gasteiger partial charge in [-0.05, 0) is 42.5 Å². The molecule has 1 fully saturated rings. The Labute approximate surface area is 238 Å². The van der Waals surface area contributed by atoms with Crippen molar-refractivity contribution in [2.24, 2.45) is 0 Å². The number of methoxy groups -OCH3 is 1. The number of nitrogens with zero attached hydrogens (tertiary/aromatic N) is 4. The number of nitrogens with one attached hydrogen (secondary N) is 1. The van der Waals surface area contributed by atoms with E-state index in [1.807, 2.05) is 12.1 Å². The fraction of sp³-hybridized carbons (Fsp3) is 0.276. The number of rotatable bonds is 7. The topological polar surface area (TPSA) is 179 Å². The summed E-state index contributed by atoms with van der Waals surface area (Å²) >= 11 is 0. The molecule has 0 atom stereocenters. The SMILES string of the molecule is COc1c(-c2ccc3c(c2)CCN3Cc2cnc(N)nc2N)c(F)c(NC(C)=O)c2c(=O)c(C(=O)O)cn(C3CC3)c12. The molecule has 0 unspecified atom stereocenters. The summed E-state index contributed by atoms with van der Waals surface area (Å²) in [5, 5.41) is 11.9. The zero-order valence-electron chi connectivity index (χ0n) is 22.9. The number of aromatic carboxylic acids is 1. The summed E-state index contributed by atoms with van der Waals surface area (Å²) in [7, 11) is 1.37. The number of nitrogen functional groups attached to an aromatic ring is 2. The highest BCUT2D eigenvalue weighted by atomic mass is 19.1. The second-order valence-electron chi connectivity index (χ2n) is 10.5. The number of halogens is 1. The Balaban J connectivity index is 1.54. The van der Waals surface area contributed by atoms with Gasteiger partial charge in [0.25, 0.3) is 0 Å². The third-order valence-electron chi connectivity index (χ3n) is 7.68. The van der Waals surface area contributed by atoms with E-state index in [0.29, 0.717) is 30.9 Å². The molecule has 4 aromatic rings. The van der Waals surface area contributed by atoms with Crippen molar-refractivity contribution in [3.05, 3.63) is 63.3 Å². The monoisotopic (exact) mass is 573 g/mol. The van der Waals surface area contributed by atoms with Crippen LogP contribution in [0.3, 0.4) is 0 Å². The average Bonchev–Trinajstić information content (AvgIpc) is 3.71. The largest absolute Gasteiger partial charge is 0.494 e. The lowest BCUT2D eigenvalue weighted by atomic mass is 9.96. The minimum atomic E-state index is -1.44. The summed E-state index contributed by atoms with van der Waals surface area (Å²) in [6, 6.07) is 5.37. The maximum Gasteiger partial charge on any atom is 0.341 e. The van der Waals surface area contributed by atoms with E-state index in [1.165, 1.54) is 20.2 Å². The Hall–Kier alpha value is -5.20. The molecule has 216 valence electrons. The van der Waals surface area contributed by atoms with Gasteiger partial charge in [-0.2, -0.15) is 4.98 Å². The van der Waals surface area contributed by atoms with Gasteiger partial charge in [-0.3, -0.25) is 9.59 Å². The van der Waals surface area contributed by atoms with Crippen LogP contribution in [-0.4, -0.2) is 45.2 Å². The highest BCUT2D eigenvalue weighted by molar-refractivity contribution is 6.08. The molecule has 2 aromatic carbocycles. The number of fused-ring (bicyclic) bond motifs is 2. The van der Waals surface area contributed by atoms with E-state index in [4.69, 9.17) is 16.2 Å². The molecular formula is C29H28FN7O5. The number of hydrogen-bond acceptors (Lipinski definition) is 9. The zero-order chi connectivity index (χ0) is 29.9. The lowest BCUT2D eigenvalue weighted by molar-refractivity contribution is -0.114. The van der Waals surface area contributed by atoms with E-state index < -0.39 is 28.7 Å². The van der Waals surface area contributed by atoms with Crippen LogP contribution >= 0.6 is 0 Å². The third kappa shape index (κ3) is 4.42. The lowest BCUT2D eigenvalue weighted by Gasteiger charge is -2.22. The van der Waals surface area contributed by atoms with Gasteiger partial charge in [-0.1, -0.05) is 6.07 Å². The predicted molar refractivity (Wildman–Crippen MR) is 155 cm³/mol. The van der Waals surface area contributed by atoms with Crippen LogP contribution in [0.25, 0.3) is 22.0 Å². The highest BCUT2D eigenvalue weighted by Crippen LogP contribution is 2.47. The first kappa shape index (κ1) is 27.0. The van der Waals surface area contributed by atoms with Crippen LogP contribution < -0.4 is 31.8 Å². The van der Waals surface area contributed by atoms with E-state index in [1.54, 1.807) is 16.8 Å². The second-order valence-corrected chi connectivity index (χ2v) is 10.5. The van der Waals surface area contributed by atoms with Crippen molar-refractivity contribution in [1.82, 2.24) is 14.5 Å². The molecule has 2 aliphatic rings. The molecule has 6 N–H and O–H groups in total. The van der Waals surface area contributed by atoms with Gasteiger partial charge in [0.05, 0.1) is 29.3 Å². The standard InChI is InChI=1S/C29H28FN7O5/c1-13(38)34-23-21-24(37(17-4-5-17)12-18(25(21)39)28(40)41)26(42-2)20(22(23)30)15-3-6-19-14(9-15)7-8-36(19)11-16-10-33-29(32)35-27(16)31/h3,6,9-10,12,17H,4-5,7-8,11H2,1-2H3,(H,34,38)(H,40,41)(H4,31,32,33,35). The third-order valence-corrected chi connectivity index (χ3v) is 7.68. The normalized spacial score (nSPS) is 14.2. The second kappa shape index (κ2) is 10.0. The van der Waals surface area contributed by atoms with Crippen LogP contribution in [0.2, 0.25) is 0 Å². The van der Waals surface area contributed by atoms with Crippen molar-refractivity contribution in [3.8, 4) is 16.9 Å². The molecule has 6 rings (SSSR count). The Morgan fingerprint density at radius 3 is 2.67 bits per heavy atom. The van der Waals surface area contributed by atoms with Crippen molar-refractivity contribution in [2.75, 3.05) is 35.3 Å². The smallest absolute Gasteiger partial charge is 0.341 e. The molecule has 1 aliphatic carbocycles. The molecule has 0 spiro atoms. The number of aromatic nitrogens is 3. The Bertz CT molecular complexity index is 1870. The fourth-order valence-electron chi connectivity index (χ4n) is 5.64. The van der Waals surface area contributed by atoms with Gasteiger partial charge in [0.2, 0.25) is 17.3 Å². The summed E-state index contributed by atoms with van der Waals surface area (Å²) < 4.78 is 23.9. The fourth-order valence-corrected chi connectivity index (χ4v) is 5.64. The summed E-state index contributed by atoms with van der Waals surface area (Å²) in [5.41, 5.74) is 13.2. The van der Waals surface area contributed by atoms with E-state index in [2.05, 4.69) is 20.2 Å². The van der Waals surface area contributed by atoms with Crippen molar-refractivity contribution in [1.29, 1.82) is 0 Å². The molecule has 1 saturated carbocycles. The summed E-state index contributed by atoms with van der Waals surface area (Å²) in [5.74, 6) is -2.46. The van der Waals surface area contributed by atoms with Crippen LogP contribution in [0, 0.1) is 5.82 Å². The highest BCUT2D eigenvalue weighted by Gasteiger charge is 2.33. The Morgan fingerprint density at radius 2 is 2.02 bits per heavy atom. The maximum atomic E-state index is 16.5. The molecule has 0 saturated heterocycles. The number of anilines is 4. The minimum absolute atomic E-state index is 0.0584. The van der Waals surface area contributed by atoms with Crippen LogP contribution in [0.5, 0.6) is 5.75 Å². The molecule has 1 aliphatic heterocycles. The average molecular weight is 574 g/mol. The number of pyridine rings is 1. The first-order valence-corrected chi connectivity index (χ1v) is 13.3. The lowest BCUT2D eigenvalue weighted by Crippen LogP contribution is -2.22. The van der Waals surface area contributed by atoms with Gasteiger partial charge in [0, 0.05) is 49.7 Å². The molecule has 2 aromatic heterocycles. The first-order valence-electron chi connectivity index (χ1n) is 13.3. The molecule has 0 radical (unpaired) electrons. The molecule has 12 nitrogen and oxygen atoms in total. The number of hydrogen-bond donors (Lipinski definition) is 4. The van der Waals surface area contributed by atoms with Crippen molar-refractivity contribution >= 4 is 45.9 Å². The number of carbonyl (C=O) groups is 2. The van der Waals surface area contributed by atoms with Gasteiger partial charge >= 0.3 is 5.97 Å². The van der Waals surface area contributed by atoms with Crippen LogP contribution in [0.15, 0.2) is 35.4 Å². The van der Waals surface area contributed by atoms with Crippen LogP contribution in [0.1, 0.15) is 47.3 Å². The maximum absolute atomic E-state index is 16.5. The molecule has 0 bridgehead atoms. The summed E-state index contributed by atoms with van der Waals surface area (Å²) in [4.78, 5) is 47.7. The molecule has 1 amide bonds. The quantitative estimate of drug-likeness (QED) is 0.256. The minimum Gasteiger partial charge on any atom is -0.494 e. The Morgan fingerprint density at radius 1 is 1.26 bits per heavy atom. The van der Waals surface area contributed by atoms with Gasteiger partial charge < -0.3 is 36.1 Å². The molecule has 42 heavy (non-hydrogen) atoms. The van der Waals surface area contributed by atoms with E-state index in [9.17, 15) is 19.5 Å². The first-order chi connectivity index (χ1) is 20.1. The van der Waals surface area contributed by atoms with Crippen molar-refractivity contribution < 1.29 is 23.8 Å². The molecular weight excluding hydrogens is 545 g/mol. The van der Waals surface area contributed by atoms with Gasteiger partial charge in [0.15, 0.2) is 11.6 Å². The van der Waals surface area contributed by atoms with E-state index in [0.717, 1.165) is 29.7 Å². The predicted octanol–water partition coefficient (Wildman–Crippen LogP) is 3.32. The van der Waals surface area contributed by atoms with Gasteiger partial charge in [0.1, 0.15) is 11.4 Å². The summed E-state index contributed by atoms with van der Waals surface area (Å²) in [6.45, 7) is 2.33. The van der Waals surface area contributed by atoms with Crippen molar-refractivity contribution in [2.45, 2.75) is 38.8 Å².